The van der Waals surface area contributed by atoms with Crippen molar-refractivity contribution in [2.75, 3.05) is 18.4 Å². The van der Waals surface area contributed by atoms with Gasteiger partial charge in [0.2, 0.25) is 5.91 Å². The number of carbonyl (C=O) groups is 1. The molecule has 3 rings (SSSR count). The number of rotatable bonds is 3. The molecule has 1 aromatic heterocycles. The Morgan fingerprint density at radius 2 is 2.19 bits per heavy atom. The first-order valence-corrected chi connectivity index (χ1v) is 7.06. The first-order chi connectivity index (χ1) is 10.1. The van der Waals surface area contributed by atoms with Gasteiger partial charge in [-0.15, -0.1) is 0 Å². The highest BCUT2D eigenvalue weighted by atomic mass is 16.5. The van der Waals surface area contributed by atoms with Crippen molar-refractivity contribution in [2.24, 2.45) is 11.8 Å². The minimum absolute atomic E-state index is 0.0116. The second kappa shape index (κ2) is 5.65. The molecule has 2 aromatic rings. The van der Waals surface area contributed by atoms with Crippen LogP contribution in [0.2, 0.25) is 0 Å². The molecule has 1 aromatic carbocycles. The Balaban J connectivity index is 1.84. The molecular formula is C15H18N4O2. The van der Waals surface area contributed by atoms with Gasteiger partial charge >= 0.3 is 0 Å². The summed E-state index contributed by atoms with van der Waals surface area (Å²) in [5, 5.41) is 10.0. The van der Waals surface area contributed by atoms with Crippen LogP contribution in [0.15, 0.2) is 28.8 Å². The summed E-state index contributed by atoms with van der Waals surface area (Å²) >= 11 is 0. The lowest BCUT2D eigenvalue weighted by Crippen LogP contribution is -2.28. The Kier molecular flexibility index (Phi) is 3.70. The lowest BCUT2D eigenvalue weighted by Gasteiger charge is -2.15. The molecule has 1 aliphatic heterocycles. The maximum absolute atomic E-state index is 12.4. The Labute approximate surface area is 122 Å². The van der Waals surface area contributed by atoms with Crippen LogP contribution < -0.4 is 10.6 Å². The lowest BCUT2D eigenvalue weighted by atomic mass is 9.97. The highest BCUT2D eigenvalue weighted by Gasteiger charge is 2.30. The van der Waals surface area contributed by atoms with Crippen LogP contribution in [0.3, 0.4) is 0 Å². The molecule has 6 heteroatoms. The van der Waals surface area contributed by atoms with Crippen molar-refractivity contribution in [3.63, 3.8) is 0 Å². The molecule has 0 unspecified atom stereocenters. The average Bonchev–Trinajstić information content (AvgIpc) is 3.08. The van der Waals surface area contributed by atoms with E-state index in [2.05, 4.69) is 27.7 Å². The van der Waals surface area contributed by atoms with Crippen LogP contribution in [-0.4, -0.2) is 29.1 Å². The summed E-state index contributed by atoms with van der Waals surface area (Å²) in [5.41, 5.74) is 1.44. The largest absolute Gasteiger partial charge is 0.334 e. The number of carbonyl (C=O) groups excluding carboxylic acids is 1. The van der Waals surface area contributed by atoms with E-state index in [9.17, 15) is 4.79 Å². The average molecular weight is 286 g/mol. The lowest BCUT2D eigenvalue weighted by molar-refractivity contribution is -0.120. The van der Waals surface area contributed by atoms with Crippen molar-refractivity contribution in [3.05, 3.63) is 30.1 Å². The minimum atomic E-state index is -0.0116. The number of amides is 1. The number of aryl methyl sites for hydroxylation is 1. The van der Waals surface area contributed by atoms with Gasteiger partial charge in [-0.1, -0.05) is 24.2 Å². The van der Waals surface area contributed by atoms with Gasteiger partial charge in [0, 0.05) is 6.54 Å². The zero-order chi connectivity index (χ0) is 14.8. The maximum atomic E-state index is 12.4. The Hall–Kier alpha value is -2.21. The zero-order valence-electron chi connectivity index (χ0n) is 12.1. The van der Waals surface area contributed by atoms with E-state index in [4.69, 9.17) is 4.52 Å². The minimum Gasteiger partial charge on any atom is -0.334 e. The van der Waals surface area contributed by atoms with Crippen molar-refractivity contribution in [1.29, 1.82) is 0 Å². The predicted octanol–water partition coefficient (Wildman–Crippen LogP) is 1.84. The van der Waals surface area contributed by atoms with Gasteiger partial charge in [-0.05, 0) is 31.5 Å². The van der Waals surface area contributed by atoms with Crippen molar-refractivity contribution < 1.29 is 9.32 Å². The zero-order valence-corrected chi connectivity index (χ0v) is 12.1. The quantitative estimate of drug-likeness (QED) is 0.900. The summed E-state index contributed by atoms with van der Waals surface area (Å²) in [7, 11) is 0. The van der Waals surface area contributed by atoms with Gasteiger partial charge in [0.05, 0.1) is 17.2 Å². The second-order valence-corrected chi connectivity index (χ2v) is 5.42. The molecule has 6 nitrogen and oxygen atoms in total. The Bertz CT molecular complexity index is 653. The second-order valence-electron chi connectivity index (χ2n) is 5.42. The highest BCUT2D eigenvalue weighted by Crippen LogP contribution is 2.27. The first kappa shape index (κ1) is 13.8. The molecule has 110 valence electrons. The Morgan fingerprint density at radius 3 is 2.86 bits per heavy atom. The molecule has 1 amide bonds. The van der Waals surface area contributed by atoms with E-state index in [1.165, 1.54) is 0 Å². The van der Waals surface area contributed by atoms with E-state index in [1.807, 2.05) is 24.3 Å². The van der Waals surface area contributed by atoms with Crippen molar-refractivity contribution >= 4 is 11.6 Å². The van der Waals surface area contributed by atoms with Gasteiger partial charge < -0.3 is 15.2 Å². The van der Waals surface area contributed by atoms with Crippen molar-refractivity contribution in [3.8, 4) is 11.5 Å². The first-order valence-electron chi connectivity index (χ1n) is 7.06. The summed E-state index contributed by atoms with van der Waals surface area (Å²) in [4.78, 5) is 16.6. The molecule has 0 spiro atoms. The van der Waals surface area contributed by atoms with Crippen LogP contribution >= 0.6 is 0 Å². The van der Waals surface area contributed by atoms with E-state index in [-0.39, 0.29) is 11.8 Å². The molecule has 1 saturated heterocycles. The monoisotopic (exact) mass is 286 g/mol. The molecule has 0 saturated carbocycles. The van der Waals surface area contributed by atoms with Gasteiger partial charge in [0.15, 0.2) is 5.82 Å². The van der Waals surface area contributed by atoms with Gasteiger partial charge in [0.1, 0.15) is 0 Å². The van der Waals surface area contributed by atoms with Crippen molar-refractivity contribution in [1.82, 2.24) is 15.5 Å². The number of anilines is 1. The summed E-state index contributed by atoms with van der Waals surface area (Å²) in [6.45, 7) is 5.44. The van der Waals surface area contributed by atoms with E-state index < -0.39 is 0 Å². The molecule has 21 heavy (non-hydrogen) atoms. The summed E-state index contributed by atoms with van der Waals surface area (Å²) in [6.07, 6.45) is 0. The fourth-order valence-electron chi connectivity index (χ4n) is 2.57. The number of benzene rings is 1. The fraction of sp³-hybridized carbons (Fsp3) is 0.400. The van der Waals surface area contributed by atoms with Crippen LogP contribution in [0.5, 0.6) is 0 Å². The highest BCUT2D eigenvalue weighted by molar-refractivity contribution is 5.96. The molecule has 1 fully saturated rings. The predicted molar refractivity (Wildman–Crippen MR) is 78.6 cm³/mol. The van der Waals surface area contributed by atoms with Gasteiger partial charge in [-0.3, -0.25) is 4.79 Å². The third-order valence-corrected chi connectivity index (χ3v) is 3.80. The molecule has 1 aliphatic rings. The molecule has 0 radical (unpaired) electrons. The van der Waals surface area contributed by atoms with Gasteiger partial charge in [-0.2, -0.15) is 4.98 Å². The summed E-state index contributed by atoms with van der Waals surface area (Å²) in [5.74, 6) is 1.34. The third kappa shape index (κ3) is 2.80. The molecule has 0 aliphatic carbocycles. The van der Waals surface area contributed by atoms with E-state index in [0.29, 0.717) is 23.3 Å². The molecule has 2 atom stereocenters. The number of nitrogens with zero attached hydrogens (tertiary/aromatic N) is 2. The maximum Gasteiger partial charge on any atom is 0.260 e. The normalized spacial score (nSPS) is 21.4. The molecule has 2 N–H and O–H groups in total. The molecular weight excluding hydrogens is 268 g/mol. The van der Waals surface area contributed by atoms with Crippen LogP contribution in [-0.2, 0) is 4.79 Å². The molecule has 0 bridgehead atoms. The van der Waals surface area contributed by atoms with E-state index in [1.54, 1.807) is 6.92 Å². The van der Waals surface area contributed by atoms with Crippen LogP contribution in [0, 0.1) is 18.8 Å². The van der Waals surface area contributed by atoms with Gasteiger partial charge in [-0.25, -0.2) is 0 Å². The van der Waals surface area contributed by atoms with Crippen molar-refractivity contribution in [2.45, 2.75) is 13.8 Å². The number of hydrogen-bond donors (Lipinski definition) is 2. The summed E-state index contributed by atoms with van der Waals surface area (Å²) in [6, 6.07) is 7.46. The number of hydrogen-bond acceptors (Lipinski definition) is 5. The van der Waals surface area contributed by atoms with Crippen LogP contribution in [0.25, 0.3) is 11.5 Å². The smallest absolute Gasteiger partial charge is 0.260 e. The number of para-hydroxylation sites is 1. The fourth-order valence-corrected chi connectivity index (χ4v) is 2.57. The van der Waals surface area contributed by atoms with Crippen LogP contribution in [0.1, 0.15) is 12.7 Å². The van der Waals surface area contributed by atoms with Crippen LogP contribution in [0.4, 0.5) is 5.69 Å². The topological polar surface area (TPSA) is 80.0 Å². The Morgan fingerprint density at radius 1 is 1.38 bits per heavy atom. The number of nitrogens with one attached hydrogen (secondary N) is 2. The van der Waals surface area contributed by atoms with E-state index in [0.717, 1.165) is 18.7 Å². The molecule has 2 heterocycles. The van der Waals surface area contributed by atoms with E-state index >= 15 is 0 Å². The standard InChI is InChI=1S/C15H18N4O2/c1-9-7-16-8-12(9)14(20)18-13-6-4-3-5-11(13)15-17-10(2)19-21-15/h3-6,9,12,16H,7-8H2,1-2H3,(H,18,20)/t9-,12-/m1/s1. The summed E-state index contributed by atoms with van der Waals surface area (Å²) < 4.78 is 5.19. The van der Waals surface area contributed by atoms with Gasteiger partial charge in [0.25, 0.3) is 5.89 Å². The number of aromatic nitrogens is 2. The third-order valence-electron chi connectivity index (χ3n) is 3.80. The SMILES string of the molecule is Cc1noc(-c2ccccc2NC(=O)[C@@H]2CNC[C@H]2C)n1.